The van der Waals surface area contributed by atoms with Crippen LogP contribution in [0.4, 0.5) is 0 Å². The minimum atomic E-state index is 0.479. The van der Waals surface area contributed by atoms with E-state index in [1.54, 1.807) is 0 Å². The Bertz CT molecular complexity index is 3130. The molecule has 4 heterocycles. The van der Waals surface area contributed by atoms with E-state index < -0.39 is 0 Å². The van der Waals surface area contributed by atoms with Crippen molar-refractivity contribution in [1.29, 1.82) is 0 Å². The number of fused-ring (bicyclic) bond motifs is 10. The van der Waals surface area contributed by atoms with Crippen molar-refractivity contribution in [2.75, 3.05) is 0 Å². The van der Waals surface area contributed by atoms with E-state index in [0.29, 0.717) is 23.2 Å². The van der Waals surface area contributed by atoms with Gasteiger partial charge in [0.15, 0.2) is 5.82 Å². The number of hydrogen-bond acceptors (Lipinski definition) is 5. The number of para-hydroxylation sites is 1. The molecular weight excluding hydrogens is 639 g/mol. The van der Waals surface area contributed by atoms with E-state index in [0.717, 1.165) is 71.4 Å². The Hall–Kier alpha value is -7.18. The van der Waals surface area contributed by atoms with Crippen molar-refractivity contribution in [2.45, 2.75) is 0 Å². The molecule has 0 radical (unpaired) electrons. The predicted octanol–water partition coefficient (Wildman–Crippen LogP) is 11.6. The number of aromatic nitrogens is 5. The highest BCUT2D eigenvalue weighted by Crippen LogP contribution is 2.41. The summed E-state index contributed by atoms with van der Waals surface area (Å²) >= 11 is 0. The summed E-state index contributed by atoms with van der Waals surface area (Å²) in [6, 6.07) is 56.3. The van der Waals surface area contributed by atoms with Gasteiger partial charge in [-0.25, -0.2) is 15.0 Å². The van der Waals surface area contributed by atoms with Crippen LogP contribution < -0.4 is 0 Å². The molecule has 11 aromatic rings. The van der Waals surface area contributed by atoms with Crippen LogP contribution in [-0.4, -0.2) is 24.5 Å². The maximum atomic E-state index is 6.54. The van der Waals surface area contributed by atoms with Crippen LogP contribution in [0.1, 0.15) is 0 Å². The SMILES string of the molecule is c1ccc(-c2cc(-c3ccccc3)nc(-c3nc(-n4c5ccc6ccccc6c5c5ccc6ccccc6c54)nc4oc5ccccc5c34)n2)cc1. The summed E-state index contributed by atoms with van der Waals surface area (Å²) in [5, 5.41) is 8.58. The number of nitrogens with zero attached hydrogens (tertiary/aromatic N) is 5. The average Bonchev–Trinajstić information content (AvgIpc) is 3.77. The van der Waals surface area contributed by atoms with E-state index in [4.69, 9.17) is 24.4 Å². The van der Waals surface area contributed by atoms with Crippen molar-refractivity contribution in [3.05, 3.63) is 164 Å². The second-order valence-electron chi connectivity index (χ2n) is 13.0. The first-order valence-corrected chi connectivity index (χ1v) is 17.3. The molecule has 52 heavy (non-hydrogen) atoms. The molecule has 0 amide bonds. The van der Waals surface area contributed by atoms with Gasteiger partial charge in [-0.15, -0.1) is 0 Å². The number of furan rings is 1. The first-order valence-electron chi connectivity index (χ1n) is 17.3. The molecule has 7 aromatic carbocycles. The lowest BCUT2D eigenvalue weighted by atomic mass is 10.0. The Morgan fingerprint density at radius 3 is 1.77 bits per heavy atom. The molecule has 0 N–H and O–H groups in total. The summed E-state index contributed by atoms with van der Waals surface area (Å²) in [5.74, 6) is 0.986. The number of benzene rings is 7. The van der Waals surface area contributed by atoms with Crippen LogP contribution in [0.15, 0.2) is 168 Å². The Balaban J connectivity index is 1.29. The highest BCUT2D eigenvalue weighted by Gasteiger charge is 2.24. The van der Waals surface area contributed by atoms with Gasteiger partial charge in [-0.2, -0.15) is 4.98 Å². The Morgan fingerprint density at radius 2 is 1.04 bits per heavy atom. The van der Waals surface area contributed by atoms with E-state index in [1.807, 2.05) is 66.7 Å². The van der Waals surface area contributed by atoms with Gasteiger partial charge in [0, 0.05) is 32.7 Å². The summed E-state index contributed by atoms with van der Waals surface area (Å²) in [4.78, 5) is 21.1. The van der Waals surface area contributed by atoms with E-state index in [2.05, 4.69) is 102 Å². The highest BCUT2D eigenvalue weighted by atomic mass is 16.3. The van der Waals surface area contributed by atoms with Crippen molar-refractivity contribution >= 4 is 65.4 Å². The molecule has 0 atom stereocenters. The Labute approximate surface area is 297 Å². The smallest absolute Gasteiger partial charge is 0.238 e. The van der Waals surface area contributed by atoms with Crippen molar-refractivity contribution in [3.8, 4) is 40.0 Å². The second kappa shape index (κ2) is 11.2. The zero-order chi connectivity index (χ0) is 34.2. The lowest BCUT2D eigenvalue weighted by Crippen LogP contribution is -2.05. The van der Waals surface area contributed by atoms with E-state index in [-0.39, 0.29) is 0 Å². The number of rotatable bonds is 4. The molecule has 0 fully saturated rings. The molecule has 242 valence electrons. The summed E-state index contributed by atoms with van der Waals surface area (Å²) in [7, 11) is 0. The quantitative estimate of drug-likeness (QED) is 0.187. The number of hydrogen-bond donors (Lipinski definition) is 0. The minimum absolute atomic E-state index is 0.479. The van der Waals surface area contributed by atoms with Crippen molar-refractivity contribution in [2.24, 2.45) is 0 Å². The largest absolute Gasteiger partial charge is 0.437 e. The third-order valence-electron chi connectivity index (χ3n) is 10.0. The molecule has 0 bridgehead atoms. The van der Waals surface area contributed by atoms with Crippen molar-refractivity contribution in [1.82, 2.24) is 24.5 Å². The highest BCUT2D eigenvalue weighted by molar-refractivity contribution is 6.26. The Kier molecular flexibility index (Phi) is 6.15. The molecule has 6 nitrogen and oxygen atoms in total. The first kappa shape index (κ1) is 28.6. The topological polar surface area (TPSA) is 69.6 Å². The standard InChI is InChI=1S/C46H27N5O/c1-3-15-30(16-4-1)36-27-37(31-17-5-2-6-18-31)48-44(47-36)42-41-34-21-11-12-22-39(34)52-45(41)50-46(49-42)51-38-26-24-28-13-7-9-19-32(28)40(38)35-25-23-29-14-8-10-20-33(29)43(35)51/h1-27H. The first-order chi connectivity index (χ1) is 25.8. The molecule has 4 aromatic heterocycles. The second-order valence-corrected chi connectivity index (χ2v) is 13.0. The summed E-state index contributed by atoms with van der Waals surface area (Å²) in [6.07, 6.45) is 0. The lowest BCUT2D eigenvalue weighted by molar-refractivity contribution is 0.651. The van der Waals surface area contributed by atoms with Gasteiger partial charge in [0.25, 0.3) is 0 Å². The predicted molar refractivity (Wildman–Crippen MR) is 211 cm³/mol. The third-order valence-corrected chi connectivity index (χ3v) is 10.0. The molecule has 11 rings (SSSR count). The van der Waals surface area contributed by atoms with Crippen molar-refractivity contribution in [3.63, 3.8) is 0 Å². The minimum Gasteiger partial charge on any atom is -0.437 e. The van der Waals surface area contributed by atoms with Crippen LogP contribution in [-0.2, 0) is 0 Å². The third kappa shape index (κ3) is 4.31. The average molecular weight is 666 g/mol. The molecule has 0 unspecified atom stereocenters. The zero-order valence-corrected chi connectivity index (χ0v) is 27.7. The van der Waals surface area contributed by atoms with Crippen LogP contribution in [0.3, 0.4) is 0 Å². The van der Waals surface area contributed by atoms with Crippen LogP contribution >= 0.6 is 0 Å². The van der Waals surface area contributed by atoms with Crippen LogP contribution in [0, 0.1) is 0 Å². The van der Waals surface area contributed by atoms with Gasteiger partial charge < -0.3 is 4.42 Å². The van der Waals surface area contributed by atoms with Gasteiger partial charge in [-0.05, 0) is 34.4 Å². The molecule has 0 aliphatic carbocycles. The molecule has 0 spiro atoms. The fraction of sp³-hybridized carbons (Fsp3) is 0. The lowest BCUT2D eigenvalue weighted by Gasteiger charge is -2.12. The van der Waals surface area contributed by atoms with Gasteiger partial charge in [0.2, 0.25) is 11.7 Å². The summed E-state index contributed by atoms with van der Waals surface area (Å²) in [6.45, 7) is 0. The molecule has 0 saturated heterocycles. The van der Waals surface area contributed by atoms with Crippen LogP contribution in [0.5, 0.6) is 0 Å². The molecule has 0 aliphatic heterocycles. The summed E-state index contributed by atoms with van der Waals surface area (Å²) < 4.78 is 8.73. The van der Waals surface area contributed by atoms with Gasteiger partial charge in [-0.3, -0.25) is 4.57 Å². The molecule has 6 heteroatoms. The van der Waals surface area contributed by atoms with Crippen molar-refractivity contribution < 1.29 is 4.42 Å². The maximum Gasteiger partial charge on any atom is 0.238 e. The van der Waals surface area contributed by atoms with E-state index in [1.165, 1.54) is 10.8 Å². The normalized spacial score (nSPS) is 11.8. The fourth-order valence-electron chi connectivity index (χ4n) is 7.70. The van der Waals surface area contributed by atoms with Crippen LogP contribution in [0.25, 0.3) is 105 Å². The zero-order valence-electron chi connectivity index (χ0n) is 27.7. The Morgan fingerprint density at radius 1 is 0.442 bits per heavy atom. The van der Waals surface area contributed by atoms with Gasteiger partial charge in [-0.1, -0.05) is 146 Å². The van der Waals surface area contributed by atoms with Gasteiger partial charge >= 0.3 is 0 Å². The van der Waals surface area contributed by atoms with E-state index in [9.17, 15) is 0 Å². The monoisotopic (exact) mass is 665 g/mol. The maximum absolute atomic E-state index is 6.54. The fourth-order valence-corrected chi connectivity index (χ4v) is 7.70. The van der Waals surface area contributed by atoms with Gasteiger partial charge in [0.1, 0.15) is 11.3 Å². The van der Waals surface area contributed by atoms with Gasteiger partial charge in [0.05, 0.1) is 27.8 Å². The van der Waals surface area contributed by atoms with E-state index >= 15 is 0 Å². The summed E-state index contributed by atoms with van der Waals surface area (Å²) in [5.41, 5.74) is 7.46. The van der Waals surface area contributed by atoms with Crippen LogP contribution in [0.2, 0.25) is 0 Å². The molecule has 0 saturated carbocycles. The molecular formula is C46H27N5O. The molecule has 0 aliphatic rings.